The molecule has 1 heterocycles. The van der Waals surface area contributed by atoms with Gasteiger partial charge in [0.05, 0.1) is 24.8 Å². The summed E-state index contributed by atoms with van der Waals surface area (Å²) in [6, 6.07) is 4.34. The van der Waals surface area contributed by atoms with Crippen LogP contribution in [0.25, 0.3) is 0 Å². The lowest BCUT2D eigenvalue weighted by molar-refractivity contribution is -0.134. The van der Waals surface area contributed by atoms with Crippen molar-refractivity contribution in [2.24, 2.45) is 5.92 Å². The van der Waals surface area contributed by atoms with Crippen LogP contribution < -0.4 is 5.32 Å². The maximum absolute atomic E-state index is 12.9. The van der Waals surface area contributed by atoms with Gasteiger partial charge in [-0.3, -0.25) is 9.59 Å². The van der Waals surface area contributed by atoms with Gasteiger partial charge in [-0.2, -0.15) is 4.31 Å². The van der Waals surface area contributed by atoms with E-state index in [1.54, 1.807) is 13.1 Å². The van der Waals surface area contributed by atoms with E-state index < -0.39 is 15.9 Å². The van der Waals surface area contributed by atoms with Gasteiger partial charge < -0.3 is 15.0 Å². The lowest BCUT2D eigenvalue weighted by Gasteiger charge is -2.26. The first-order valence-electron chi connectivity index (χ1n) is 10.2. The number of rotatable bonds is 7. The Morgan fingerprint density at radius 3 is 2.57 bits per heavy atom. The molecule has 1 aromatic carbocycles. The van der Waals surface area contributed by atoms with E-state index in [0.717, 1.165) is 25.7 Å². The van der Waals surface area contributed by atoms with Crippen molar-refractivity contribution in [3.63, 3.8) is 0 Å². The van der Waals surface area contributed by atoms with E-state index in [1.165, 1.54) is 21.3 Å². The van der Waals surface area contributed by atoms with Gasteiger partial charge in [0.2, 0.25) is 21.8 Å². The van der Waals surface area contributed by atoms with Gasteiger partial charge in [-0.05, 0) is 37.0 Å². The largest absolute Gasteiger partial charge is 0.379 e. The summed E-state index contributed by atoms with van der Waals surface area (Å²) in [6.45, 7) is 1.06. The monoisotopic (exact) mass is 457 g/mol. The number of benzene rings is 1. The van der Waals surface area contributed by atoms with Crippen LogP contribution in [-0.2, 0) is 24.3 Å². The fourth-order valence-corrected chi connectivity index (χ4v) is 5.73. The van der Waals surface area contributed by atoms with E-state index in [1.807, 2.05) is 0 Å². The predicted octanol–water partition coefficient (Wildman–Crippen LogP) is 2.34. The minimum atomic E-state index is -3.80. The second kappa shape index (κ2) is 10.1. The van der Waals surface area contributed by atoms with E-state index in [0.29, 0.717) is 31.2 Å². The molecule has 0 unspecified atom stereocenters. The highest BCUT2D eigenvalue weighted by atomic mass is 35.5. The second-order valence-electron chi connectivity index (χ2n) is 7.81. The molecule has 1 aromatic rings. The normalized spacial score (nSPS) is 18.3. The highest BCUT2D eigenvalue weighted by molar-refractivity contribution is 7.89. The van der Waals surface area contributed by atoms with Crippen LogP contribution in [0.3, 0.4) is 0 Å². The highest BCUT2D eigenvalue weighted by Crippen LogP contribution is 2.29. The van der Waals surface area contributed by atoms with Crippen LogP contribution in [0.4, 0.5) is 5.69 Å². The van der Waals surface area contributed by atoms with Crippen molar-refractivity contribution in [1.82, 2.24) is 9.21 Å². The number of halogens is 1. The molecule has 3 rings (SSSR count). The molecule has 1 saturated heterocycles. The van der Waals surface area contributed by atoms with Gasteiger partial charge in [-0.1, -0.05) is 24.4 Å². The number of hydrogen-bond acceptors (Lipinski definition) is 5. The molecule has 2 aliphatic rings. The maximum Gasteiger partial charge on any atom is 0.244 e. The third-order valence-electron chi connectivity index (χ3n) is 5.55. The molecule has 30 heavy (non-hydrogen) atoms. The Morgan fingerprint density at radius 1 is 1.23 bits per heavy atom. The molecule has 1 aliphatic heterocycles. The predicted molar refractivity (Wildman–Crippen MR) is 114 cm³/mol. The Hall–Kier alpha value is -1.68. The molecule has 0 spiro atoms. The fraction of sp³-hybridized carbons (Fsp3) is 0.600. The van der Waals surface area contributed by atoms with Gasteiger partial charge in [0.15, 0.2) is 0 Å². The van der Waals surface area contributed by atoms with Crippen molar-refractivity contribution in [1.29, 1.82) is 0 Å². The van der Waals surface area contributed by atoms with Crippen LogP contribution in [0.5, 0.6) is 0 Å². The molecule has 0 bridgehead atoms. The van der Waals surface area contributed by atoms with Crippen molar-refractivity contribution < 1.29 is 22.7 Å². The Balaban J connectivity index is 1.62. The summed E-state index contributed by atoms with van der Waals surface area (Å²) in [5.74, 6) is -0.0368. The number of anilines is 1. The maximum atomic E-state index is 12.9. The number of hydrogen-bond donors (Lipinski definition) is 1. The first-order valence-corrected chi connectivity index (χ1v) is 12.0. The minimum absolute atomic E-state index is 0.0521. The number of amides is 2. The number of likely N-dealkylation sites (N-methyl/N-ethyl adjacent to an activating group) is 1. The zero-order chi connectivity index (χ0) is 21.7. The Morgan fingerprint density at radius 2 is 1.90 bits per heavy atom. The summed E-state index contributed by atoms with van der Waals surface area (Å²) < 4.78 is 32.3. The summed E-state index contributed by atoms with van der Waals surface area (Å²) >= 11 is 6.14. The molecule has 8 nitrogen and oxygen atoms in total. The number of ether oxygens (including phenoxy) is 1. The molecule has 1 aliphatic carbocycles. The SMILES string of the molecule is CN(CC(=O)Nc1ccc(Cl)c(S(=O)(=O)N2CCOCC2)c1)C(=O)CC1CCCC1. The molecule has 0 atom stereocenters. The quantitative estimate of drug-likeness (QED) is 0.677. The molecule has 1 N–H and O–H groups in total. The molecule has 10 heteroatoms. The first kappa shape index (κ1) is 23.0. The number of carbonyl (C=O) groups excluding carboxylic acids is 2. The molecule has 166 valence electrons. The van der Waals surface area contributed by atoms with Crippen molar-refractivity contribution >= 4 is 39.1 Å². The van der Waals surface area contributed by atoms with Crippen molar-refractivity contribution in [3.05, 3.63) is 23.2 Å². The average Bonchev–Trinajstić information content (AvgIpc) is 3.23. The van der Waals surface area contributed by atoms with E-state index in [-0.39, 0.29) is 35.5 Å². The zero-order valence-corrected chi connectivity index (χ0v) is 18.7. The summed E-state index contributed by atoms with van der Waals surface area (Å²) in [5, 5.41) is 2.75. The molecule has 0 aromatic heterocycles. The summed E-state index contributed by atoms with van der Waals surface area (Å²) in [7, 11) is -2.19. The third-order valence-corrected chi connectivity index (χ3v) is 7.93. The Bertz CT molecular complexity index is 880. The molecular weight excluding hydrogens is 430 g/mol. The van der Waals surface area contributed by atoms with Crippen LogP contribution in [0.15, 0.2) is 23.1 Å². The van der Waals surface area contributed by atoms with Gasteiger partial charge >= 0.3 is 0 Å². The number of morpholine rings is 1. The van der Waals surface area contributed by atoms with E-state index in [2.05, 4.69) is 5.32 Å². The summed E-state index contributed by atoms with van der Waals surface area (Å²) in [6.07, 6.45) is 4.92. The third kappa shape index (κ3) is 5.72. The van der Waals surface area contributed by atoms with Gasteiger partial charge in [0, 0.05) is 32.2 Å². The lowest BCUT2D eigenvalue weighted by Crippen LogP contribution is -2.40. The van der Waals surface area contributed by atoms with Gasteiger partial charge in [-0.15, -0.1) is 0 Å². The van der Waals surface area contributed by atoms with Crippen LogP contribution in [-0.4, -0.2) is 69.3 Å². The molecule has 1 saturated carbocycles. The lowest BCUT2D eigenvalue weighted by atomic mass is 10.0. The topological polar surface area (TPSA) is 96.0 Å². The number of sulfonamides is 1. The van der Waals surface area contributed by atoms with Crippen LogP contribution >= 0.6 is 11.6 Å². The summed E-state index contributed by atoms with van der Waals surface area (Å²) in [4.78, 5) is 26.1. The highest BCUT2D eigenvalue weighted by Gasteiger charge is 2.29. The van der Waals surface area contributed by atoms with Gasteiger partial charge in [-0.25, -0.2) is 8.42 Å². The van der Waals surface area contributed by atoms with Crippen LogP contribution in [0.2, 0.25) is 5.02 Å². The van der Waals surface area contributed by atoms with Gasteiger partial charge in [0.25, 0.3) is 0 Å². The number of nitrogens with one attached hydrogen (secondary N) is 1. The number of nitrogens with zero attached hydrogens (tertiary/aromatic N) is 2. The molecule has 2 amide bonds. The minimum Gasteiger partial charge on any atom is -0.379 e. The zero-order valence-electron chi connectivity index (χ0n) is 17.1. The van der Waals surface area contributed by atoms with Crippen LogP contribution in [0, 0.1) is 5.92 Å². The van der Waals surface area contributed by atoms with E-state index in [9.17, 15) is 18.0 Å². The molecule has 2 fully saturated rings. The van der Waals surface area contributed by atoms with Crippen molar-refractivity contribution in [2.75, 3.05) is 45.2 Å². The van der Waals surface area contributed by atoms with E-state index >= 15 is 0 Å². The molecular formula is C20H28ClN3O5S. The van der Waals surface area contributed by atoms with E-state index in [4.69, 9.17) is 16.3 Å². The average molecular weight is 458 g/mol. The summed E-state index contributed by atoms with van der Waals surface area (Å²) in [5.41, 5.74) is 0.313. The van der Waals surface area contributed by atoms with Crippen molar-refractivity contribution in [3.8, 4) is 0 Å². The van der Waals surface area contributed by atoms with Crippen molar-refractivity contribution in [2.45, 2.75) is 37.0 Å². The first-order chi connectivity index (χ1) is 14.3. The Kier molecular flexibility index (Phi) is 7.73. The fourth-order valence-electron chi connectivity index (χ4n) is 3.83. The van der Waals surface area contributed by atoms with Crippen LogP contribution in [0.1, 0.15) is 32.1 Å². The van der Waals surface area contributed by atoms with Gasteiger partial charge in [0.1, 0.15) is 4.90 Å². The molecule has 0 radical (unpaired) electrons. The Labute approximate surface area is 182 Å². The second-order valence-corrected chi connectivity index (χ2v) is 10.1. The smallest absolute Gasteiger partial charge is 0.244 e. The standard InChI is InChI=1S/C20H28ClN3O5S/c1-23(20(26)12-15-4-2-3-5-15)14-19(25)22-16-6-7-17(21)18(13-16)30(27,28)24-8-10-29-11-9-24/h6-7,13,15H,2-5,8-12,14H2,1H3,(H,22,25). The number of carbonyl (C=O) groups is 2.